The van der Waals surface area contributed by atoms with E-state index in [9.17, 15) is 5.11 Å². The molecule has 0 unspecified atom stereocenters. The Morgan fingerprint density at radius 1 is 1.32 bits per heavy atom. The smallest absolute Gasteiger partial charge is 0.262 e. The van der Waals surface area contributed by atoms with E-state index in [1.165, 1.54) is 6.07 Å². The van der Waals surface area contributed by atoms with Crippen molar-refractivity contribution in [2.45, 2.75) is 0 Å². The fraction of sp³-hybridized carbons (Fsp3) is 0.0769. The molecule has 0 aliphatic carbocycles. The number of aromatic amines is 1. The van der Waals surface area contributed by atoms with Gasteiger partial charge in [-0.15, -0.1) is 0 Å². The van der Waals surface area contributed by atoms with Gasteiger partial charge < -0.3 is 19.4 Å². The minimum Gasteiger partial charge on any atom is -0.507 e. The van der Waals surface area contributed by atoms with Crippen LogP contribution in [-0.2, 0) is 0 Å². The van der Waals surface area contributed by atoms with Crippen molar-refractivity contribution in [1.29, 1.82) is 0 Å². The summed E-state index contributed by atoms with van der Waals surface area (Å²) >= 11 is 0. The predicted octanol–water partition coefficient (Wildman–Crippen LogP) is 2.45. The van der Waals surface area contributed by atoms with Crippen LogP contribution in [0, 0.1) is 0 Å². The zero-order valence-electron chi connectivity index (χ0n) is 10.1. The number of aromatic nitrogens is 3. The van der Waals surface area contributed by atoms with Crippen LogP contribution in [0.4, 0.5) is 0 Å². The summed E-state index contributed by atoms with van der Waals surface area (Å²) in [5, 5.41) is 13.7. The Kier molecular flexibility index (Phi) is 2.68. The molecule has 19 heavy (non-hydrogen) atoms. The third kappa shape index (κ3) is 2.03. The summed E-state index contributed by atoms with van der Waals surface area (Å²) in [6, 6.07) is 8.49. The Morgan fingerprint density at radius 2 is 2.21 bits per heavy atom. The maximum absolute atomic E-state index is 9.83. The highest BCUT2D eigenvalue weighted by Crippen LogP contribution is 2.32. The number of ether oxygens (including phenoxy) is 1. The van der Waals surface area contributed by atoms with Crippen LogP contribution in [0.2, 0.25) is 0 Å². The normalized spacial score (nSPS) is 10.6. The van der Waals surface area contributed by atoms with Gasteiger partial charge in [0.2, 0.25) is 5.82 Å². The molecule has 6 heteroatoms. The van der Waals surface area contributed by atoms with Gasteiger partial charge in [-0.05, 0) is 30.3 Å². The zero-order chi connectivity index (χ0) is 13.2. The summed E-state index contributed by atoms with van der Waals surface area (Å²) in [4.78, 5) is 7.22. The van der Waals surface area contributed by atoms with Crippen LogP contribution in [0.3, 0.4) is 0 Å². The lowest BCUT2D eigenvalue weighted by Crippen LogP contribution is -1.85. The van der Waals surface area contributed by atoms with Crippen molar-refractivity contribution in [3.8, 4) is 34.5 Å². The van der Waals surface area contributed by atoms with Crippen LogP contribution in [0.5, 0.6) is 11.5 Å². The Labute approximate surface area is 108 Å². The summed E-state index contributed by atoms with van der Waals surface area (Å²) in [6.45, 7) is 0. The summed E-state index contributed by atoms with van der Waals surface area (Å²) < 4.78 is 10.3. The van der Waals surface area contributed by atoms with E-state index in [0.717, 1.165) is 5.69 Å². The number of hydrogen-bond acceptors (Lipinski definition) is 5. The highest BCUT2D eigenvalue weighted by atomic mass is 16.5. The standard InChI is InChI=1S/C13H11N3O3/c1-18-8-4-5-11(17)9(7-8)13-15-12(16-19-13)10-3-2-6-14-10/h2-7,14,17H,1H3. The van der Waals surface area contributed by atoms with Gasteiger partial charge in [0, 0.05) is 6.20 Å². The minimum atomic E-state index is 0.0579. The second-order valence-electron chi connectivity index (χ2n) is 3.89. The molecule has 0 radical (unpaired) electrons. The number of nitrogens with one attached hydrogen (secondary N) is 1. The van der Waals surface area contributed by atoms with Crippen molar-refractivity contribution in [3.05, 3.63) is 36.5 Å². The van der Waals surface area contributed by atoms with E-state index in [0.29, 0.717) is 17.1 Å². The third-order valence-electron chi connectivity index (χ3n) is 2.70. The Morgan fingerprint density at radius 3 is 2.95 bits per heavy atom. The molecule has 0 atom stereocenters. The van der Waals surface area contributed by atoms with Gasteiger partial charge in [0.05, 0.1) is 18.4 Å². The van der Waals surface area contributed by atoms with Crippen LogP contribution < -0.4 is 4.74 Å². The predicted molar refractivity (Wildman–Crippen MR) is 67.7 cm³/mol. The maximum Gasteiger partial charge on any atom is 0.262 e. The first-order valence-electron chi connectivity index (χ1n) is 5.63. The minimum absolute atomic E-state index is 0.0579. The van der Waals surface area contributed by atoms with Crippen molar-refractivity contribution in [2.75, 3.05) is 7.11 Å². The van der Waals surface area contributed by atoms with Crippen molar-refractivity contribution >= 4 is 0 Å². The van der Waals surface area contributed by atoms with E-state index in [4.69, 9.17) is 9.26 Å². The molecule has 0 aliphatic heterocycles. The second kappa shape index (κ2) is 4.49. The third-order valence-corrected chi connectivity index (χ3v) is 2.70. The number of H-pyrrole nitrogens is 1. The van der Waals surface area contributed by atoms with Gasteiger partial charge in [-0.2, -0.15) is 4.98 Å². The van der Waals surface area contributed by atoms with E-state index < -0.39 is 0 Å². The Bertz CT molecular complexity index is 689. The largest absolute Gasteiger partial charge is 0.507 e. The van der Waals surface area contributed by atoms with Gasteiger partial charge in [-0.1, -0.05) is 5.16 Å². The van der Waals surface area contributed by atoms with Gasteiger partial charge in [0.15, 0.2) is 0 Å². The highest BCUT2D eigenvalue weighted by Gasteiger charge is 2.15. The van der Waals surface area contributed by atoms with Gasteiger partial charge >= 0.3 is 0 Å². The fourth-order valence-electron chi connectivity index (χ4n) is 1.73. The molecule has 2 aromatic heterocycles. The van der Waals surface area contributed by atoms with E-state index >= 15 is 0 Å². The molecule has 0 aliphatic rings. The first-order chi connectivity index (χ1) is 9.28. The number of rotatable bonds is 3. The van der Waals surface area contributed by atoms with E-state index in [1.54, 1.807) is 25.4 Å². The molecule has 0 saturated carbocycles. The van der Waals surface area contributed by atoms with Crippen LogP contribution >= 0.6 is 0 Å². The molecule has 0 saturated heterocycles. The molecular weight excluding hydrogens is 246 g/mol. The number of methoxy groups -OCH3 is 1. The lowest BCUT2D eigenvalue weighted by atomic mass is 10.2. The lowest BCUT2D eigenvalue weighted by molar-refractivity contribution is 0.408. The number of nitrogens with zero attached hydrogens (tertiary/aromatic N) is 2. The van der Waals surface area contributed by atoms with Gasteiger partial charge in [-0.25, -0.2) is 0 Å². The number of aromatic hydroxyl groups is 1. The molecule has 0 amide bonds. The van der Waals surface area contributed by atoms with Gasteiger partial charge in [0.25, 0.3) is 5.89 Å². The van der Waals surface area contributed by atoms with E-state index in [1.807, 2.05) is 12.1 Å². The topological polar surface area (TPSA) is 84.2 Å². The summed E-state index contributed by atoms with van der Waals surface area (Å²) in [6.07, 6.45) is 1.77. The number of benzene rings is 1. The Hall–Kier alpha value is -2.76. The molecule has 0 spiro atoms. The van der Waals surface area contributed by atoms with Crippen LogP contribution in [-0.4, -0.2) is 27.3 Å². The van der Waals surface area contributed by atoms with Crippen LogP contribution in [0.1, 0.15) is 0 Å². The lowest BCUT2D eigenvalue weighted by Gasteiger charge is -2.02. The number of hydrogen-bond donors (Lipinski definition) is 2. The number of phenolic OH excluding ortho intramolecular Hbond substituents is 1. The monoisotopic (exact) mass is 257 g/mol. The highest BCUT2D eigenvalue weighted by molar-refractivity contribution is 5.66. The van der Waals surface area contributed by atoms with Gasteiger partial charge in [-0.3, -0.25) is 0 Å². The van der Waals surface area contributed by atoms with Crippen molar-refractivity contribution in [1.82, 2.24) is 15.1 Å². The molecule has 96 valence electrons. The molecule has 2 heterocycles. The van der Waals surface area contributed by atoms with Crippen LogP contribution in [0.25, 0.3) is 23.0 Å². The van der Waals surface area contributed by atoms with Crippen molar-refractivity contribution in [3.63, 3.8) is 0 Å². The SMILES string of the molecule is COc1ccc(O)c(-c2nc(-c3ccc[nH]3)no2)c1. The fourth-order valence-corrected chi connectivity index (χ4v) is 1.73. The average molecular weight is 257 g/mol. The molecule has 3 aromatic rings. The van der Waals surface area contributed by atoms with Crippen molar-refractivity contribution < 1.29 is 14.4 Å². The zero-order valence-corrected chi connectivity index (χ0v) is 10.1. The van der Waals surface area contributed by atoms with Crippen LogP contribution in [0.15, 0.2) is 41.1 Å². The Balaban J connectivity index is 2.03. The maximum atomic E-state index is 9.83. The average Bonchev–Trinajstić information content (AvgIpc) is 3.10. The van der Waals surface area contributed by atoms with E-state index in [2.05, 4.69) is 15.1 Å². The molecule has 1 aromatic carbocycles. The summed E-state index contributed by atoms with van der Waals surface area (Å²) in [5.74, 6) is 1.33. The molecule has 6 nitrogen and oxygen atoms in total. The molecular formula is C13H11N3O3. The number of phenols is 1. The molecule has 0 bridgehead atoms. The molecule has 0 fully saturated rings. The first kappa shape index (κ1) is 11.3. The summed E-state index contributed by atoms with van der Waals surface area (Å²) in [7, 11) is 1.55. The van der Waals surface area contributed by atoms with Gasteiger partial charge in [0.1, 0.15) is 11.5 Å². The quantitative estimate of drug-likeness (QED) is 0.752. The summed E-state index contributed by atoms with van der Waals surface area (Å²) in [5.41, 5.74) is 1.18. The molecule has 2 N–H and O–H groups in total. The second-order valence-corrected chi connectivity index (χ2v) is 3.89. The van der Waals surface area contributed by atoms with Crippen molar-refractivity contribution in [2.24, 2.45) is 0 Å². The first-order valence-corrected chi connectivity index (χ1v) is 5.63. The molecule has 3 rings (SSSR count). The van der Waals surface area contributed by atoms with E-state index in [-0.39, 0.29) is 11.6 Å².